The van der Waals surface area contributed by atoms with Crippen LogP contribution in [0.15, 0.2) is 30.3 Å². The van der Waals surface area contributed by atoms with Crippen molar-refractivity contribution in [3.05, 3.63) is 35.9 Å². The van der Waals surface area contributed by atoms with Crippen LogP contribution in [0.25, 0.3) is 0 Å². The molecule has 1 aromatic carbocycles. The van der Waals surface area contributed by atoms with Crippen molar-refractivity contribution in [2.75, 3.05) is 6.54 Å². The average molecular weight is 260 g/mol. The number of nitrogens with zero attached hydrogens (tertiary/aromatic N) is 1. The van der Waals surface area contributed by atoms with Gasteiger partial charge in [0.2, 0.25) is 0 Å². The zero-order valence-corrected chi connectivity index (χ0v) is 10.9. The third kappa shape index (κ3) is 3.47. The summed E-state index contributed by atoms with van der Waals surface area (Å²) >= 11 is 0. The molecule has 5 nitrogen and oxygen atoms in total. The Morgan fingerprint density at radius 1 is 1.37 bits per heavy atom. The Morgan fingerprint density at radius 2 is 2.11 bits per heavy atom. The molecule has 5 heteroatoms. The second kappa shape index (κ2) is 6.22. The standard InChI is InChI=1S/C14H20N4O/c15-13(16)12-8-4-5-9-18(12)14(19)17-10-11-6-2-1-3-7-11/h1-3,6-7,12H,4-5,8-10H2,(H3,15,16)(H,17,19). The highest BCUT2D eigenvalue weighted by atomic mass is 16.2. The molecule has 1 aromatic rings. The minimum absolute atomic E-state index is 0.0783. The molecule has 1 unspecified atom stereocenters. The number of benzene rings is 1. The summed E-state index contributed by atoms with van der Waals surface area (Å²) in [5.74, 6) is 0.0783. The zero-order chi connectivity index (χ0) is 13.7. The van der Waals surface area contributed by atoms with Gasteiger partial charge in [0.25, 0.3) is 0 Å². The molecule has 0 saturated carbocycles. The van der Waals surface area contributed by atoms with Crippen LogP contribution in [0.1, 0.15) is 24.8 Å². The zero-order valence-electron chi connectivity index (χ0n) is 10.9. The molecule has 1 fully saturated rings. The summed E-state index contributed by atoms with van der Waals surface area (Å²) in [5.41, 5.74) is 6.63. The molecule has 2 rings (SSSR count). The number of amidine groups is 1. The van der Waals surface area contributed by atoms with Crippen molar-refractivity contribution in [2.45, 2.75) is 31.8 Å². The quantitative estimate of drug-likeness (QED) is 0.571. The monoisotopic (exact) mass is 260 g/mol. The first-order valence-corrected chi connectivity index (χ1v) is 6.61. The third-order valence-corrected chi connectivity index (χ3v) is 3.41. The largest absolute Gasteiger partial charge is 0.386 e. The van der Waals surface area contributed by atoms with Gasteiger partial charge in [-0.05, 0) is 24.8 Å². The molecule has 1 aliphatic rings. The van der Waals surface area contributed by atoms with Gasteiger partial charge in [-0.15, -0.1) is 0 Å². The number of carbonyl (C=O) groups excluding carboxylic acids is 1. The molecule has 1 saturated heterocycles. The van der Waals surface area contributed by atoms with Crippen molar-refractivity contribution in [1.29, 1.82) is 5.41 Å². The SMILES string of the molecule is N=C(N)C1CCCCN1C(=O)NCc1ccccc1. The lowest BCUT2D eigenvalue weighted by molar-refractivity contribution is 0.171. The van der Waals surface area contributed by atoms with E-state index in [9.17, 15) is 4.79 Å². The van der Waals surface area contributed by atoms with E-state index in [1.807, 2.05) is 30.3 Å². The van der Waals surface area contributed by atoms with Crippen LogP contribution in [-0.4, -0.2) is 29.4 Å². The Bertz CT molecular complexity index is 446. The number of hydrogen-bond acceptors (Lipinski definition) is 2. The van der Waals surface area contributed by atoms with Gasteiger partial charge in [-0.2, -0.15) is 0 Å². The Hall–Kier alpha value is -2.04. The molecular weight excluding hydrogens is 240 g/mol. The Balaban J connectivity index is 1.93. The Labute approximate surface area is 113 Å². The molecule has 0 radical (unpaired) electrons. The number of nitrogens with two attached hydrogens (primary N) is 1. The minimum atomic E-state index is -0.246. The van der Waals surface area contributed by atoms with E-state index in [4.69, 9.17) is 11.1 Å². The van der Waals surface area contributed by atoms with Gasteiger partial charge in [0.15, 0.2) is 0 Å². The van der Waals surface area contributed by atoms with Gasteiger partial charge < -0.3 is 16.0 Å². The summed E-state index contributed by atoms with van der Waals surface area (Å²) in [6.45, 7) is 1.17. The van der Waals surface area contributed by atoms with E-state index in [1.54, 1.807) is 4.90 Å². The van der Waals surface area contributed by atoms with E-state index in [0.717, 1.165) is 24.8 Å². The summed E-state index contributed by atoms with van der Waals surface area (Å²) < 4.78 is 0. The second-order valence-corrected chi connectivity index (χ2v) is 4.80. The summed E-state index contributed by atoms with van der Waals surface area (Å²) in [7, 11) is 0. The number of nitrogens with one attached hydrogen (secondary N) is 2. The van der Waals surface area contributed by atoms with Crippen molar-refractivity contribution in [1.82, 2.24) is 10.2 Å². The van der Waals surface area contributed by atoms with Gasteiger partial charge in [0, 0.05) is 13.1 Å². The van der Waals surface area contributed by atoms with Crippen molar-refractivity contribution in [3.8, 4) is 0 Å². The van der Waals surface area contributed by atoms with Crippen molar-refractivity contribution in [2.24, 2.45) is 5.73 Å². The highest BCUT2D eigenvalue weighted by molar-refractivity contribution is 5.87. The number of likely N-dealkylation sites (tertiary alicyclic amines) is 1. The molecule has 0 spiro atoms. The van der Waals surface area contributed by atoms with Crippen LogP contribution in [0.3, 0.4) is 0 Å². The van der Waals surface area contributed by atoms with E-state index in [0.29, 0.717) is 13.1 Å². The number of carbonyl (C=O) groups is 1. The predicted molar refractivity (Wildman–Crippen MR) is 74.9 cm³/mol. The first-order valence-electron chi connectivity index (χ1n) is 6.61. The van der Waals surface area contributed by atoms with Gasteiger partial charge in [-0.1, -0.05) is 30.3 Å². The Kier molecular flexibility index (Phi) is 4.39. The molecule has 4 N–H and O–H groups in total. The maximum absolute atomic E-state index is 12.1. The highest BCUT2D eigenvalue weighted by Crippen LogP contribution is 2.16. The van der Waals surface area contributed by atoms with Crippen LogP contribution < -0.4 is 11.1 Å². The average Bonchev–Trinajstić information content (AvgIpc) is 2.46. The lowest BCUT2D eigenvalue weighted by atomic mass is 10.0. The number of urea groups is 1. The molecular formula is C14H20N4O. The first-order chi connectivity index (χ1) is 9.18. The lowest BCUT2D eigenvalue weighted by Crippen LogP contribution is -2.53. The molecule has 0 aliphatic carbocycles. The van der Waals surface area contributed by atoms with Crippen LogP contribution in [0, 0.1) is 5.41 Å². The van der Waals surface area contributed by atoms with Crippen molar-refractivity contribution in [3.63, 3.8) is 0 Å². The molecule has 1 aliphatic heterocycles. The number of rotatable bonds is 3. The van der Waals surface area contributed by atoms with Gasteiger partial charge in [-0.25, -0.2) is 4.79 Å². The molecule has 0 bridgehead atoms. The minimum Gasteiger partial charge on any atom is -0.386 e. The topological polar surface area (TPSA) is 82.2 Å². The fourth-order valence-electron chi connectivity index (χ4n) is 2.37. The Morgan fingerprint density at radius 3 is 2.79 bits per heavy atom. The van der Waals surface area contributed by atoms with E-state index < -0.39 is 0 Å². The smallest absolute Gasteiger partial charge is 0.318 e. The molecule has 1 heterocycles. The van der Waals surface area contributed by atoms with Crippen LogP contribution in [0.2, 0.25) is 0 Å². The van der Waals surface area contributed by atoms with E-state index in [1.165, 1.54) is 0 Å². The van der Waals surface area contributed by atoms with Gasteiger partial charge in [-0.3, -0.25) is 5.41 Å². The number of hydrogen-bond donors (Lipinski definition) is 3. The first kappa shape index (κ1) is 13.4. The number of piperidine rings is 1. The lowest BCUT2D eigenvalue weighted by Gasteiger charge is -2.34. The highest BCUT2D eigenvalue weighted by Gasteiger charge is 2.28. The maximum Gasteiger partial charge on any atom is 0.318 e. The molecule has 102 valence electrons. The van der Waals surface area contributed by atoms with E-state index >= 15 is 0 Å². The van der Waals surface area contributed by atoms with Crippen molar-refractivity contribution < 1.29 is 4.79 Å². The normalized spacial score (nSPS) is 18.9. The van der Waals surface area contributed by atoms with Crippen molar-refractivity contribution >= 4 is 11.9 Å². The summed E-state index contributed by atoms with van der Waals surface area (Å²) in [4.78, 5) is 13.8. The summed E-state index contributed by atoms with van der Waals surface area (Å²) in [5, 5.41) is 10.5. The maximum atomic E-state index is 12.1. The van der Waals surface area contributed by atoms with E-state index in [-0.39, 0.29) is 17.9 Å². The fourth-order valence-corrected chi connectivity index (χ4v) is 2.37. The summed E-state index contributed by atoms with van der Waals surface area (Å²) in [6, 6.07) is 9.40. The van der Waals surface area contributed by atoms with Gasteiger partial charge in [0.05, 0.1) is 6.04 Å². The third-order valence-electron chi connectivity index (χ3n) is 3.41. The van der Waals surface area contributed by atoms with Crippen LogP contribution >= 0.6 is 0 Å². The van der Waals surface area contributed by atoms with Gasteiger partial charge in [0.1, 0.15) is 5.84 Å². The van der Waals surface area contributed by atoms with Crippen LogP contribution in [-0.2, 0) is 6.54 Å². The predicted octanol–water partition coefficient (Wildman–Crippen LogP) is 1.69. The fraction of sp³-hybridized carbons (Fsp3) is 0.429. The molecule has 2 amide bonds. The van der Waals surface area contributed by atoms with Gasteiger partial charge >= 0.3 is 6.03 Å². The molecule has 1 atom stereocenters. The van der Waals surface area contributed by atoms with E-state index in [2.05, 4.69) is 5.32 Å². The van der Waals surface area contributed by atoms with Crippen LogP contribution in [0.5, 0.6) is 0 Å². The number of amides is 2. The molecule has 19 heavy (non-hydrogen) atoms. The molecule has 0 aromatic heterocycles. The van der Waals surface area contributed by atoms with Crippen LogP contribution in [0.4, 0.5) is 4.79 Å². The summed E-state index contributed by atoms with van der Waals surface area (Å²) in [6.07, 6.45) is 2.78. The second-order valence-electron chi connectivity index (χ2n) is 4.80.